The number of nitrogens with zero attached hydrogens (tertiary/aromatic N) is 3. The van der Waals surface area contributed by atoms with Crippen LogP contribution in [0.25, 0.3) is 71.2 Å². The van der Waals surface area contributed by atoms with Gasteiger partial charge in [-0.2, -0.15) is 4.57 Å². The minimum absolute atomic E-state index is 1.05. The molecule has 0 fully saturated rings. The highest BCUT2D eigenvalue weighted by Gasteiger charge is 2.28. The third-order valence-electron chi connectivity index (χ3n) is 7.77. The molecule has 4 heteroatoms. The van der Waals surface area contributed by atoms with Gasteiger partial charge >= 0.3 is 0 Å². The first-order chi connectivity index (χ1) is 18.7. The van der Waals surface area contributed by atoms with Crippen LogP contribution in [0.2, 0.25) is 0 Å². The number of hydrogen-bond acceptors (Lipinski definition) is 2. The molecule has 8 rings (SSSR count). The molecule has 0 saturated heterocycles. The van der Waals surface area contributed by atoms with E-state index in [1.807, 2.05) is 0 Å². The summed E-state index contributed by atoms with van der Waals surface area (Å²) in [5.41, 5.74) is 13.0. The van der Waals surface area contributed by atoms with Crippen molar-refractivity contribution in [1.29, 1.82) is 0 Å². The summed E-state index contributed by atoms with van der Waals surface area (Å²) in [6.07, 6.45) is 0. The van der Waals surface area contributed by atoms with E-state index in [0.717, 1.165) is 27.3 Å². The fourth-order valence-corrected chi connectivity index (χ4v) is 6.86. The SMILES string of the molecule is Cc1ccc2cc1-c1n(c3ccccc3[n+]1C)-c1cccc(c1)-c1cccc3sc(nc13)-c1cccc-2c1. The summed E-state index contributed by atoms with van der Waals surface area (Å²) in [5.74, 6) is 1.17. The van der Waals surface area contributed by atoms with Crippen LogP contribution in [0.3, 0.4) is 0 Å². The van der Waals surface area contributed by atoms with Crippen molar-refractivity contribution in [3.05, 3.63) is 115 Å². The van der Waals surface area contributed by atoms with Crippen LogP contribution in [0, 0.1) is 6.92 Å². The van der Waals surface area contributed by atoms with Gasteiger partial charge in [0.2, 0.25) is 0 Å². The number of aryl methyl sites for hydroxylation is 2. The lowest BCUT2D eigenvalue weighted by Crippen LogP contribution is -2.30. The summed E-state index contributed by atoms with van der Waals surface area (Å²) in [7, 11) is 2.18. The van der Waals surface area contributed by atoms with Crippen LogP contribution >= 0.6 is 11.3 Å². The van der Waals surface area contributed by atoms with Crippen molar-refractivity contribution in [2.24, 2.45) is 7.05 Å². The molecule has 0 unspecified atom stereocenters. The van der Waals surface area contributed by atoms with Gasteiger partial charge in [-0.3, -0.25) is 0 Å². The summed E-state index contributed by atoms with van der Waals surface area (Å²) < 4.78 is 5.94. The monoisotopic (exact) mass is 506 g/mol. The molecule has 0 amide bonds. The first-order valence-electron chi connectivity index (χ1n) is 12.9. The highest BCUT2D eigenvalue weighted by atomic mass is 32.1. The summed E-state index contributed by atoms with van der Waals surface area (Å²) >= 11 is 1.76. The number of imidazole rings is 1. The molecule has 5 aromatic carbocycles. The van der Waals surface area contributed by atoms with E-state index in [1.54, 1.807) is 11.3 Å². The second-order valence-electron chi connectivity index (χ2n) is 10.0. The van der Waals surface area contributed by atoms with Gasteiger partial charge in [-0.25, -0.2) is 9.55 Å². The molecule has 0 radical (unpaired) electrons. The molecule has 0 saturated carbocycles. The second kappa shape index (κ2) is 7.98. The largest absolute Gasteiger partial charge is 0.295 e. The third kappa shape index (κ3) is 3.07. The molecule has 0 spiro atoms. The van der Waals surface area contributed by atoms with Gasteiger partial charge in [0.1, 0.15) is 10.7 Å². The zero-order chi connectivity index (χ0) is 25.4. The van der Waals surface area contributed by atoms with Crippen LogP contribution in [0.4, 0.5) is 0 Å². The zero-order valence-electron chi connectivity index (χ0n) is 21.1. The maximum absolute atomic E-state index is 5.18. The van der Waals surface area contributed by atoms with Gasteiger partial charge in [-0.05, 0) is 71.6 Å². The van der Waals surface area contributed by atoms with Crippen LogP contribution in [0.5, 0.6) is 0 Å². The van der Waals surface area contributed by atoms with Gasteiger partial charge in [0.25, 0.3) is 5.82 Å². The van der Waals surface area contributed by atoms with Crippen molar-refractivity contribution in [3.63, 3.8) is 0 Å². The van der Waals surface area contributed by atoms with E-state index < -0.39 is 0 Å². The van der Waals surface area contributed by atoms with E-state index in [0.29, 0.717) is 0 Å². The maximum atomic E-state index is 5.18. The summed E-state index contributed by atoms with van der Waals surface area (Å²) in [6, 6.07) is 39.7. The molecule has 3 heterocycles. The van der Waals surface area contributed by atoms with Gasteiger partial charge in [0.05, 0.1) is 22.8 Å². The van der Waals surface area contributed by atoms with Gasteiger partial charge < -0.3 is 0 Å². The molecular formula is C34H24N3S+. The highest BCUT2D eigenvalue weighted by molar-refractivity contribution is 7.21. The lowest BCUT2D eigenvalue weighted by Gasteiger charge is -2.11. The molecule has 0 N–H and O–H groups in total. The Morgan fingerprint density at radius 1 is 0.684 bits per heavy atom. The van der Waals surface area contributed by atoms with Crippen molar-refractivity contribution in [2.75, 3.05) is 0 Å². The maximum Gasteiger partial charge on any atom is 0.295 e. The Labute approximate surface area is 224 Å². The van der Waals surface area contributed by atoms with Gasteiger partial charge in [0.15, 0.2) is 11.0 Å². The lowest BCUT2D eigenvalue weighted by atomic mass is 9.98. The molecule has 38 heavy (non-hydrogen) atoms. The van der Waals surface area contributed by atoms with Crippen LogP contribution in [-0.2, 0) is 7.05 Å². The minimum Gasteiger partial charge on any atom is -0.235 e. The third-order valence-corrected chi connectivity index (χ3v) is 8.84. The Bertz CT molecular complexity index is 2060. The molecular weight excluding hydrogens is 482 g/mol. The number of rotatable bonds is 0. The van der Waals surface area contributed by atoms with Crippen molar-refractivity contribution < 1.29 is 4.57 Å². The van der Waals surface area contributed by atoms with Crippen LogP contribution in [0.1, 0.15) is 5.56 Å². The van der Waals surface area contributed by atoms with E-state index in [2.05, 4.69) is 132 Å². The molecule has 0 atom stereocenters. The van der Waals surface area contributed by atoms with Gasteiger partial charge in [0, 0.05) is 11.1 Å². The predicted molar refractivity (Wildman–Crippen MR) is 158 cm³/mol. The van der Waals surface area contributed by atoms with Crippen LogP contribution in [-0.4, -0.2) is 9.55 Å². The Kier molecular flexibility index (Phi) is 4.52. The van der Waals surface area contributed by atoms with Crippen molar-refractivity contribution in [3.8, 4) is 49.9 Å². The molecule has 3 nitrogen and oxygen atoms in total. The highest BCUT2D eigenvalue weighted by Crippen LogP contribution is 2.39. The van der Waals surface area contributed by atoms with Crippen LogP contribution in [0.15, 0.2) is 109 Å². The fourth-order valence-electron chi connectivity index (χ4n) is 5.87. The first-order valence-corrected chi connectivity index (χ1v) is 13.7. The number of benzene rings is 5. The molecule has 1 aliphatic rings. The van der Waals surface area contributed by atoms with Gasteiger partial charge in [-0.15, -0.1) is 11.3 Å². The summed E-state index contributed by atoms with van der Waals surface area (Å²) in [5, 5.41) is 1.05. The molecule has 180 valence electrons. The van der Waals surface area contributed by atoms with E-state index in [9.17, 15) is 0 Å². The predicted octanol–water partition coefficient (Wildman–Crippen LogP) is 8.35. The van der Waals surface area contributed by atoms with E-state index in [4.69, 9.17) is 4.98 Å². The smallest absolute Gasteiger partial charge is 0.235 e. The molecule has 2 aromatic heterocycles. The Balaban J connectivity index is 1.57. The standard InChI is InChI=1S/C34H24N3S/c1-21-16-17-23-20-28(21)34-36(2)29-13-3-4-14-30(29)37(34)26-11-6-9-24(19-26)27-12-7-15-31-32(27)35-33(38-31)25-10-5-8-22(23)18-25/h3-20H,1-2H3/q+1. The molecule has 0 aliphatic carbocycles. The summed E-state index contributed by atoms with van der Waals surface area (Å²) in [6.45, 7) is 2.21. The Hall–Kier alpha value is -4.54. The number of aromatic nitrogens is 3. The Morgan fingerprint density at radius 2 is 1.47 bits per heavy atom. The number of hydrogen-bond donors (Lipinski definition) is 0. The average Bonchev–Trinajstić information content (AvgIpc) is 3.52. The normalized spacial score (nSPS) is 11.9. The van der Waals surface area contributed by atoms with Crippen molar-refractivity contribution >= 4 is 32.6 Å². The molecule has 7 aromatic rings. The zero-order valence-corrected chi connectivity index (χ0v) is 22.0. The topological polar surface area (TPSA) is 21.7 Å². The van der Waals surface area contributed by atoms with Crippen LogP contribution < -0.4 is 4.57 Å². The quantitative estimate of drug-likeness (QED) is 0.189. The van der Waals surface area contributed by atoms with E-state index >= 15 is 0 Å². The lowest BCUT2D eigenvalue weighted by molar-refractivity contribution is -0.633. The number of para-hydroxylation sites is 3. The Morgan fingerprint density at radius 3 is 2.42 bits per heavy atom. The van der Waals surface area contributed by atoms with Gasteiger partial charge in [-0.1, -0.05) is 66.7 Å². The average molecular weight is 507 g/mol. The summed E-state index contributed by atoms with van der Waals surface area (Å²) in [4.78, 5) is 5.18. The minimum atomic E-state index is 1.05. The molecule has 1 aliphatic heterocycles. The fraction of sp³-hybridized carbons (Fsp3) is 0.0588. The van der Waals surface area contributed by atoms with E-state index in [1.165, 1.54) is 49.4 Å². The number of fused-ring (bicyclic) bond motifs is 15. The number of thiazole rings is 1. The second-order valence-corrected chi connectivity index (χ2v) is 11.1. The van der Waals surface area contributed by atoms with Crippen molar-refractivity contribution in [2.45, 2.75) is 6.92 Å². The molecule has 8 bridgehead atoms. The van der Waals surface area contributed by atoms with Crippen molar-refractivity contribution in [1.82, 2.24) is 9.55 Å². The first kappa shape index (κ1) is 21.5. The van der Waals surface area contributed by atoms with E-state index in [-0.39, 0.29) is 0 Å².